The summed E-state index contributed by atoms with van der Waals surface area (Å²) in [6, 6.07) is 7.60. The Hall–Kier alpha value is -1.86. The number of thioether (sulfide) groups is 1. The highest BCUT2D eigenvalue weighted by Gasteiger charge is 2.20. The van der Waals surface area contributed by atoms with Gasteiger partial charge in [-0.05, 0) is 38.1 Å². The molecule has 1 unspecified atom stereocenters. The van der Waals surface area contributed by atoms with Gasteiger partial charge in [0.2, 0.25) is 5.89 Å². The Morgan fingerprint density at radius 2 is 1.96 bits per heavy atom. The number of rotatable bonds is 6. The smallest absolute Gasteiger partial charge is 0.239 e. The molecule has 0 saturated carbocycles. The molecule has 24 heavy (non-hydrogen) atoms. The van der Waals surface area contributed by atoms with Gasteiger partial charge in [-0.3, -0.25) is 0 Å². The van der Waals surface area contributed by atoms with Crippen LogP contribution in [0.5, 0.6) is 0 Å². The molecular weight excluding hydrogens is 346 g/mol. The fourth-order valence-electron chi connectivity index (χ4n) is 2.26. The fraction of sp³-hybridized carbons (Fsp3) is 0.375. The minimum atomic E-state index is 0.00497. The van der Waals surface area contributed by atoms with Crippen molar-refractivity contribution < 1.29 is 4.52 Å². The molecule has 0 aliphatic carbocycles. The highest BCUT2D eigenvalue weighted by molar-refractivity contribution is 7.99. The van der Waals surface area contributed by atoms with Crippen molar-refractivity contribution in [1.82, 2.24) is 24.9 Å². The molecule has 0 bridgehead atoms. The van der Waals surface area contributed by atoms with E-state index in [0.717, 1.165) is 35.3 Å². The van der Waals surface area contributed by atoms with E-state index in [0.29, 0.717) is 10.9 Å². The Morgan fingerprint density at radius 3 is 2.58 bits per heavy atom. The van der Waals surface area contributed by atoms with Crippen LogP contribution in [0.1, 0.15) is 37.7 Å². The predicted octanol–water partition coefficient (Wildman–Crippen LogP) is 4.42. The number of hydrogen-bond donors (Lipinski definition) is 0. The molecule has 1 aromatic carbocycles. The van der Waals surface area contributed by atoms with Crippen molar-refractivity contribution in [3.63, 3.8) is 0 Å². The number of benzene rings is 1. The van der Waals surface area contributed by atoms with Crippen molar-refractivity contribution in [2.45, 2.75) is 44.1 Å². The topological polar surface area (TPSA) is 69.6 Å². The molecular formula is C16H18ClN5OS. The third-order valence-electron chi connectivity index (χ3n) is 3.57. The first-order valence-electron chi connectivity index (χ1n) is 7.80. The second-order valence-electron chi connectivity index (χ2n) is 5.22. The highest BCUT2D eigenvalue weighted by Crippen LogP contribution is 2.34. The van der Waals surface area contributed by atoms with E-state index in [9.17, 15) is 0 Å². The van der Waals surface area contributed by atoms with Crippen LogP contribution >= 0.6 is 23.4 Å². The Kier molecular flexibility index (Phi) is 5.20. The van der Waals surface area contributed by atoms with Crippen LogP contribution in [0.2, 0.25) is 5.02 Å². The quantitative estimate of drug-likeness (QED) is 0.604. The van der Waals surface area contributed by atoms with Gasteiger partial charge in [0.15, 0.2) is 16.8 Å². The van der Waals surface area contributed by atoms with Crippen LogP contribution in [0, 0.1) is 0 Å². The summed E-state index contributed by atoms with van der Waals surface area (Å²) in [6.45, 7) is 6.86. The number of aryl methyl sites for hydroxylation is 1. The maximum atomic E-state index is 5.96. The van der Waals surface area contributed by atoms with E-state index < -0.39 is 0 Å². The first kappa shape index (κ1) is 17.0. The first-order valence-corrected chi connectivity index (χ1v) is 9.06. The van der Waals surface area contributed by atoms with Gasteiger partial charge in [0.05, 0.1) is 5.25 Å². The predicted molar refractivity (Wildman–Crippen MR) is 94.1 cm³/mol. The van der Waals surface area contributed by atoms with Crippen LogP contribution in [0.15, 0.2) is 33.9 Å². The van der Waals surface area contributed by atoms with Gasteiger partial charge in [0.25, 0.3) is 0 Å². The van der Waals surface area contributed by atoms with Gasteiger partial charge in [-0.15, -0.1) is 10.2 Å². The monoisotopic (exact) mass is 363 g/mol. The van der Waals surface area contributed by atoms with Crippen LogP contribution in [-0.2, 0) is 13.0 Å². The van der Waals surface area contributed by atoms with E-state index in [1.807, 2.05) is 38.1 Å². The molecule has 3 aromatic rings. The highest BCUT2D eigenvalue weighted by atomic mass is 35.5. The number of aromatic nitrogens is 5. The summed E-state index contributed by atoms with van der Waals surface area (Å²) >= 11 is 7.52. The average Bonchev–Trinajstić information content (AvgIpc) is 3.22. The van der Waals surface area contributed by atoms with E-state index in [-0.39, 0.29) is 5.25 Å². The molecule has 0 fully saturated rings. The summed E-state index contributed by atoms with van der Waals surface area (Å²) in [7, 11) is 0. The fourth-order valence-corrected chi connectivity index (χ4v) is 3.33. The van der Waals surface area contributed by atoms with Crippen LogP contribution in [-0.4, -0.2) is 24.9 Å². The molecule has 3 rings (SSSR count). The zero-order chi connectivity index (χ0) is 17.1. The zero-order valence-corrected chi connectivity index (χ0v) is 15.3. The number of hydrogen-bond acceptors (Lipinski definition) is 6. The largest absolute Gasteiger partial charge is 0.338 e. The van der Waals surface area contributed by atoms with Crippen LogP contribution in [0.3, 0.4) is 0 Å². The number of halogens is 1. The zero-order valence-electron chi connectivity index (χ0n) is 13.7. The Balaban J connectivity index is 1.85. The van der Waals surface area contributed by atoms with Gasteiger partial charge in [-0.25, -0.2) is 0 Å². The van der Waals surface area contributed by atoms with Crippen molar-refractivity contribution in [2.75, 3.05) is 0 Å². The Morgan fingerprint density at radius 1 is 1.21 bits per heavy atom. The molecule has 2 aromatic heterocycles. The molecule has 0 N–H and O–H groups in total. The molecule has 0 spiro atoms. The summed E-state index contributed by atoms with van der Waals surface area (Å²) in [5, 5.41) is 14.1. The first-order chi connectivity index (χ1) is 11.6. The SMILES string of the molecule is CCc1noc(C(C)Sc2nnc(-c3ccc(Cl)cc3)n2CC)n1. The van der Waals surface area contributed by atoms with E-state index >= 15 is 0 Å². The summed E-state index contributed by atoms with van der Waals surface area (Å²) in [5.41, 5.74) is 0.985. The van der Waals surface area contributed by atoms with Gasteiger partial charge < -0.3 is 9.09 Å². The van der Waals surface area contributed by atoms with Gasteiger partial charge >= 0.3 is 0 Å². The van der Waals surface area contributed by atoms with E-state index in [2.05, 4.69) is 31.8 Å². The lowest BCUT2D eigenvalue weighted by Gasteiger charge is -2.09. The summed E-state index contributed by atoms with van der Waals surface area (Å²) in [5.74, 6) is 2.15. The van der Waals surface area contributed by atoms with E-state index in [1.165, 1.54) is 0 Å². The lowest BCUT2D eigenvalue weighted by Crippen LogP contribution is -2.01. The maximum Gasteiger partial charge on any atom is 0.239 e. The lowest BCUT2D eigenvalue weighted by molar-refractivity contribution is 0.375. The van der Waals surface area contributed by atoms with Crippen LogP contribution < -0.4 is 0 Å². The minimum absolute atomic E-state index is 0.00497. The van der Waals surface area contributed by atoms with Gasteiger partial charge in [0.1, 0.15) is 0 Å². The van der Waals surface area contributed by atoms with Crippen LogP contribution in [0.25, 0.3) is 11.4 Å². The van der Waals surface area contributed by atoms with E-state index in [1.54, 1.807) is 11.8 Å². The van der Waals surface area contributed by atoms with Crippen molar-refractivity contribution >= 4 is 23.4 Å². The molecule has 1 atom stereocenters. The number of nitrogens with zero attached hydrogens (tertiary/aromatic N) is 5. The lowest BCUT2D eigenvalue weighted by atomic mass is 10.2. The Bertz CT molecular complexity index is 814. The average molecular weight is 364 g/mol. The minimum Gasteiger partial charge on any atom is -0.338 e. The summed E-state index contributed by atoms with van der Waals surface area (Å²) < 4.78 is 7.38. The van der Waals surface area contributed by atoms with Crippen molar-refractivity contribution in [3.8, 4) is 11.4 Å². The van der Waals surface area contributed by atoms with E-state index in [4.69, 9.17) is 16.1 Å². The molecule has 0 aliphatic heterocycles. The molecule has 126 valence electrons. The van der Waals surface area contributed by atoms with Gasteiger partial charge in [-0.2, -0.15) is 4.98 Å². The van der Waals surface area contributed by atoms with Crippen molar-refractivity contribution in [3.05, 3.63) is 41.0 Å². The van der Waals surface area contributed by atoms with Crippen molar-refractivity contribution in [1.29, 1.82) is 0 Å². The molecule has 0 radical (unpaired) electrons. The maximum absolute atomic E-state index is 5.96. The van der Waals surface area contributed by atoms with Crippen molar-refractivity contribution in [2.24, 2.45) is 0 Å². The summed E-state index contributed by atoms with van der Waals surface area (Å²) in [4.78, 5) is 4.38. The summed E-state index contributed by atoms with van der Waals surface area (Å²) in [6.07, 6.45) is 0.757. The molecule has 2 heterocycles. The second-order valence-corrected chi connectivity index (χ2v) is 6.96. The molecule has 6 nitrogen and oxygen atoms in total. The normalized spacial score (nSPS) is 12.5. The van der Waals surface area contributed by atoms with Gasteiger partial charge in [-0.1, -0.05) is 35.4 Å². The molecule has 0 saturated heterocycles. The molecule has 0 aliphatic rings. The third-order valence-corrected chi connectivity index (χ3v) is 4.89. The van der Waals surface area contributed by atoms with Gasteiger partial charge in [0, 0.05) is 23.6 Å². The third kappa shape index (κ3) is 3.47. The molecule has 8 heteroatoms. The molecule has 0 amide bonds. The van der Waals surface area contributed by atoms with Crippen LogP contribution in [0.4, 0.5) is 0 Å². The standard InChI is InChI=1S/C16H18ClN5OS/c1-4-13-18-15(23-21-13)10(3)24-16-20-19-14(22(16)5-2)11-6-8-12(17)9-7-11/h6-10H,4-5H2,1-3H3. The Labute approximate surface area is 149 Å². The second kappa shape index (κ2) is 7.36.